The molecule has 2 saturated carbocycles. The fourth-order valence-electron chi connectivity index (χ4n) is 7.48. The number of rotatable bonds is 0. The maximum Gasteiger partial charge on any atom is 0.264 e. The highest BCUT2D eigenvalue weighted by atomic mass is 35.5. The van der Waals surface area contributed by atoms with Crippen molar-refractivity contribution in [2.24, 2.45) is 17.3 Å². The van der Waals surface area contributed by atoms with E-state index in [1.165, 1.54) is 5.56 Å². The molecule has 7 nitrogen and oxygen atoms in total. The summed E-state index contributed by atoms with van der Waals surface area (Å²) in [4.78, 5) is 15.8. The number of amides is 1. The number of aliphatic hydroxyl groups is 1. The molecule has 5 atom stereocenters. The van der Waals surface area contributed by atoms with Crippen molar-refractivity contribution in [3.05, 3.63) is 70.3 Å². The second-order valence-electron chi connectivity index (χ2n) is 12.9. The third-order valence-corrected chi connectivity index (χ3v) is 12.4. The average Bonchev–Trinajstić information content (AvgIpc) is 3.31. The first kappa shape index (κ1) is 29.5. The van der Waals surface area contributed by atoms with Crippen molar-refractivity contribution >= 4 is 33.2 Å². The van der Waals surface area contributed by atoms with E-state index in [0.717, 1.165) is 69.3 Å². The van der Waals surface area contributed by atoms with E-state index in [1.54, 1.807) is 18.2 Å². The van der Waals surface area contributed by atoms with Crippen LogP contribution in [0.1, 0.15) is 79.8 Å². The summed E-state index contributed by atoms with van der Waals surface area (Å²) in [6.07, 6.45) is 10.7. The van der Waals surface area contributed by atoms with Crippen LogP contribution in [0.25, 0.3) is 0 Å². The molecule has 42 heavy (non-hydrogen) atoms. The molecule has 0 unspecified atom stereocenters. The maximum absolute atomic E-state index is 13.6. The molecule has 2 bridgehead atoms. The quantitative estimate of drug-likeness (QED) is 0.353. The van der Waals surface area contributed by atoms with E-state index in [0.29, 0.717) is 41.7 Å². The summed E-state index contributed by atoms with van der Waals surface area (Å²) < 4.78 is 36.0. The van der Waals surface area contributed by atoms with Crippen LogP contribution in [-0.4, -0.2) is 43.9 Å². The SMILES string of the molecule is C[C@]12C/C=C/[C@H](O)[C@@H]3CC[C@H]3CN3CCCCc4cc(Cl)ccc4COc4ccc(cc43)C(=O)NS(=O)(=O)[C@@H]1CCC2. The lowest BCUT2D eigenvalue weighted by molar-refractivity contribution is 0.0460. The largest absolute Gasteiger partial charge is 0.487 e. The van der Waals surface area contributed by atoms with Crippen LogP contribution in [0.2, 0.25) is 5.02 Å². The predicted molar refractivity (Wildman–Crippen MR) is 165 cm³/mol. The predicted octanol–water partition coefficient (Wildman–Crippen LogP) is 6.03. The third-order valence-electron chi connectivity index (χ3n) is 10.1. The van der Waals surface area contributed by atoms with Gasteiger partial charge in [0.25, 0.3) is 5.91 Å². The van der Waals surface area contributed by atoms with Crippen molar-refractivity contribution in [3.63, 3.8) is 0 Å². The van der Waals surface area contributed by atoms with Crippen LogP contribution in [0.15, 0.2) is 48.6 Å². The zero-order chi connectivity index (χ0) is 29.5. The molecule has 4 aliphatic rings. The van der Waals surface area contributed by atoms with E-state index in [9.17, 15) is 18.3 Å². The Balaban J connectivity index is 1.39. The smallest absolute Gasteiger partial charge is 0.264 e. The van der Waals surface area contributed by atoms with E-state index in [1.807, 2.05) is 37.3 Å². The first-order valence-electron chi connectivity index (χ1n) is 15.3. The van der Waals surface area contributed by atoms with Crippen LogP contribution in [0.5, 0.6) is 5.75 Å². The number of fused-ring (bicyclic) bond motifs is 4. The molecule has 0 saturated heterocycles. The molecule has 2 aromatic rings. The van der Waals surface area contributed by atoms with Gasteiger partial charge in [0.15, 0.2) is 0 Å². The number of benzene rings is 2. The Morgan fingerprint density at radius 2 is 1.93 bits per heavy atom. The van der Waals surface area contributed by atoms with E-state index >= 15 is 0 Å². The number of aliphatic hydroxyl groups excluding tert-OH is 1. The average molecular weight is 613 g/mol. The summed E-state index contributed by atoms with van der Waals surface area (Å²) in [5.74, 6) is 0.489. The standard InChI is InChI=1S/C33H41ClN2O5S/c1-33-15-4-7-29(37)27-13-10-24(27)20-36-17-3-2-6-22-18-26(34)12-9-25(22)21-41-30-14-11-23(19-28(30)36)32(38)35-42(39,40)31(33)8-5-16-33/h4,7,9,11-12,14,18-19,24,27,29,31,37H,2-3,5-6,8,10,13,15-17,20-21H2,1H3,(H,35,38)/b7-4+/t24-,27+,29-,31+,33+/m0/s1. The van der Waals surface area contributed by atoms with Crippen molar-refractivity contribution in [2.75, 3.05) is 18.0 Å². The minimum absolute atomic E-state index is 0.144. The molecule has 0 spiro atoms. The van der Waals surface area contributed by atoms with Gasteiger partial charge in [-0.3, -0.25) is 4.79 Å². The Bertz CT molecular complexity index is 1480. The summed E-state index contributed by atoms with van der Waals surface area (Å²) >= 11 is 6.31. The van der Waals surface area contributed by atoms with Crippen LogP contribution in [0.4, 0.5) is 5.69 Å². The van der Waals surface area contributed by atoms with Crippen LogP contribution in [0.3, 0.4) is 0 Å². The molecule has 0 radical (unpaired) electrons. The Labute approximate surface area is 254 Å². The zero-order valence-electron chi connectivity index (χ0n) is 24.2. The highest BCUT2D eigenvalue weighted by Crippen LogP contribution is 2.46. The molecule has 226 valence electrons. The minimum Gasteiger partial charge on any atom is -0.487 e. The number of halogens is 1. The van der Waals surface area contributed by atoms with Crippen molar-refractivity contribution in [1.82, 2.24) is 4.72 Å². The Morgan fingerprint density at radius 3 is 2.74 bits per heavy atom. The zero-order valence-corrected chi connectivity index (χ0v) is 25.8. The first-order chi connectivity index (χ1) is 20.1. The number of hydrogen-bond acceptors (Lipinski definition) is 6. The number of hydrogen-bond donors (Lipinski definition) is 2. The normalized spacial score (nSPS) is 32.1. The van der Waals surface area contributed by atoms with Crippen LogP contribution in [0, 0.1) is 17.3 Å². The summed E-state index contributed by atoms with van der Waals surface area (Å²) in [6, 6.07) is 11.1. The third kappa shape index (κ3) is 5.95. The van der Waals surface area contributed by atoms with Gasteiger partial charge in [-0.2, -0.15) is 0 Å². The van der Waals surface area contributed by atoms with Gasteiger partial charge in [-0.05, 0) is 110 Å². The summed E-state index contributed by atoms with van der Waals surface area (Å²) in [6.45, 7) is 3.84. The Morgan fingerprint density at radius 1 is 1.07 bits per heavy atom. The number of carbonyl (C=O) groups is 1. The highest BCUT2D eigenvalue weighted by Gasteiger charge is 2.46. The second kappa shape index (κ2) is 11.9. The lowest BCUT2D eigenvalue weighted by atomic mass is 9.70. The van der Waals surface area contributed by atoms with Crippen LogP contribution >= 0.6 is 11.6 Å². The molecule has 2 fully saturated rings. The fraction of sp³-hybridized carbons (Fsp3) is 0.545. The van der Waals surface area contributed by atoms with Crippen LogP contribution in [-0.2, 0) is 23.1 Å². The molecule has 2 N–H and O–H groups in total. The first-order valence-corrected chi connectivity index (χ1v) is 17.3. The lowest BCUT2D eigenvalue weighted by Crippen LogP contribution is -2.44. The number of nitrogens with one attached hydrogen (secondary N) is 1. The van der Waals surface area contributed by atoms with Gasteiger partial charge >= 0.3 is 0 Å². The number of nitrogens with zero attached hydrogens (tertiary/aromatic N) is 1. The van der Waals surface area contributed by atoms with Gasteiger partial charge in [0.2, 0.25) is 10.0 Å². The topological polar surface area (TPSA) is 95.9 Å². The van der Waals surface area contributed by atoms with E-state index in [-0.39, 0.29) is 5.92 Å². The Hall–Kier alpha value is -2.55. The van der Waals surface area contributed by atoms with Crippen molar-refractivity contribution in [1.29, 1.82) is 0 Å². The minimum atomic E-state index is -3.92. The summed E-state index contributed by atoms with van der Waals surface area (Å²) in [7, 11) is -3.92. The fourth-order valence-corrected chi connectivity index (χ4v) is 9.63. The molecule has 2 heterocycles. The summed E-state index contributed by atoms with van der Waals surface area (Å²) in [5.41, 5.74) is 2.84. The second-order valence-corrected chi connectivity index (χ2v) is 15.2. The number of ether oxygens (including phenoxy) is 1. The number of sulfonamides is 1. The van der Waals surface area contributed by atoms with Gasteiger partial charge in [-0.25, -0.2) is 13.1 Å². The van der Waals surface area contributed by atoms with Gasteiger partial charge in [-0.15, -0.1) is 0 Å². The van der Waals surface area contributed by atoms with Gasteiger partial charge < -0.3 is 14.7 Å². The number of carbonyl (C=O) groups excluding carboxylic acids is 1. The van der Waals surface area contributed by atoms with Gasteiger partial charge in [0.1, 0.15) is 12.4 Å². The Kier molecular flexibility index (Phi) is 8.33. The molecule has 2 aliphatic heterocycles. The molecular formula is C33H41ClN2O5S. The molecule has 1 amide bonds. The van der Waals surface area contributed by atoms with Crippen molar-refractivity contribution in [2.45, 2.75) is 82.7 Å². The lowest BCUT2D eigenvalue weighted by Gasteiger charge is -2.42. The van der Waals surface area contributed by atoms with Crippen molar-refractivity contribution < 1.29 is 23.1 Å². The molecule has 2 aromatic carbocycles. The van der Waals surface area contributed by atoms with E-state index in [2.05, 4.69) is 9.62 Å². The number of aryl methyl sites for hydroxylation is 1. The number of allylic oxidation sites excluding steroid dienone is 1. The molecule has 6 rings (SSSR count). The van der Waals surface area contributed by atoms with Gasteiger partial charge in [0, 0.05) is 23.7 Å². The molecular weight excluding hydrogens is 572 g/mol. The van der Waals surface area contributed by atoms with Crippen molar-refractivity contribution in [3.8, 4) is 5.75 Å². The highest BCUT2D eigenvalue weighted by molar-refractivity contribution is 7.90. The molecule has 2 aliphatic carbocycles. The maximum atomic E-state index is 13.6. The summed E-state index contributed by atoms with van der Waals surface area (Å²) in [5, 5.41) is 11.2. The van der Waals surface area contributed by atoms with E-state index < -0.39 is 32.7 Å². The number of anilines is 1. The molecule has 9 heteroatoms. The van der Waals surface area contributed by atoms with Crippen LogP contribution < -0.4 is 14.4 Å². The molecule has 0 aromatic heterocycles. The van der Waals surface area contributed by atoms with Gasteiger partial charge in [0.05, 0.1) is 17.0 Å². The monoisotopic (exact) mass is 612 g/mol. The van der Waals surface area contributed by atoms with Gasteiger partial charge in [-0.1, -0.05) is 43.2 Å². The van der Waals surface area contributed by atoms with E-state index in [4.69, 9.17) is 16.3 Å².